The maximum absolute atomic E-state index is 12.5. The molecule has 3 rings (SSSR count). The van der Waals surface area contributed by atoms with Gasteiger partial charge in [0.25, 0.3) is 0 Å². The van der Waals surface area contributed by atoms with Crippen LogP contribution < -0.4 is 5.32 Å². The molecular formula is C25H25N4OP. The Labute approximate surface area is 185 Å². The fraction of sp³-hybridized carbons (Fsp3) is 0.200. The Balaban J connectivity index is 1.61. The van der Waals surface area contributed by atoms with Crippen molar-refractivity contribution in [2.24, 2.45) is 0 Å². The number of hydrogen-bond acceptors (Lipinski definition) is 4. The van der Waals surface area contributed by atoms with Crippen LogP contribution in [0.2, 0.25) is 0 Å². The summed E-state index contributed by atoms with van der Waals surface area (Å²) in [6, 6.07) is 5.53. The van der Waals surface area contributed by atoms with Crippen molar-refractivity contribution >= 4 is 20.2 Å². The smallest absolute Gasteiger partial charge is 0.228 e. The number of carbonyl (C=O) groups is 1. The first-order valence-corrected chi connectivity index (χ1v) is 11.1. The van der Waals surface area contributed by atoms with Gasteiger partial charge in [0.15, 0.2) is 0 Å². The van der Waals surface area contributed by atoms with Crippen molar-refractivity contribution in [2.45, 2.75) is 32.9 Å². The molecule has 6 heteroatoms. The van der Waals surface area contributed by atoms with Gasteiger partial charge >= 0.3 is 0 Å². The monoisotopic (exact) mass is 428 g/mol. The largest absolute Gasteiger partial charge is 0.324 e. The Hall–Kier alpha value is -3.35. The van der Waals surface area contributed by atoms with E-state index in [0.29, 0.717) is 20.7 Å². The number of allylic oxidation sites excluding steroid dienone is 6. The zero-order valence-electron chi connectivity index (χ0n) is 17.9. The van der Waals surface area contributed by atoms with Crippen molar-refractivity contribution in [1.29, 1.82) is 0 Å². The molecule has 0 aromatic carbocycles. The summed E-state index contributed by atoms with van der Waals surface area (Å²) in [7, 11) is 0.551. The third-order valence-corrected chi connectivity index (χ3v) is 6.29. The fourth-order valence-corrected chi connectivity index (χ4v) is 4.58. The predicted octanol–water partition coefficient (Wildman–Crippen LogP) is 5.28. The molecule has 0 spiro atoms. The van der Waals surface area contributed by atoms with Gasteiger partial charge in [-0.25, -0.2) is 0 Å². The molecule has 2 atom stereocenters. The molecule has 1 amide bonds. The first-order chi connectivity index (χ1) is 15.0. The summed E-state index contributed by atoms with van der Waals surface area (Å²) in [6.07, 6.45) is 16.8. The molecular weight excluding hydrogens is 403 g/mol. The van der Waals surface area contributed by atoms with Gasteiger partial charge in [-0.1, -0.05) is 43.6 Å². The molecule has 0 aliphatic carbocycles. The minimum Gasteiger partial charge on any atom is -0.324 e. The van der Waals surface area contributed by atoms with Gasteiger partial charge in [0.05, 0.1) is 36.4 Å². The molecule has 1 aliphatic heterocycles. The molecule has 2 aromatic heterocycles. The van der Waals surface area contributed by atoms with E-state index in [9.17, 15) is 4.79 Å². The highest BCUT2D eigenvalue weighted by Crippen LogP contribution is 2.39. The number of rotatable bonds is 6. The summed E-state index contributed by atoms with van der Waals surface area (Å²) < 4.78 is 0. The molecule has 0 radical (unpaired) electrons. The third kappa shape index (κ3) is 6.31. The lowest BCUT2D eigenvalue weighted by Gasteiger charge is -2.23. The van der Waals surface area contributed by atoms with E-state index in [2.05, 4.69) is 65.2 Å². The normalized spacial score (nSPS) is 16.7. The van der Waals surface area contributed by atoms with Crippen LogP contribution in [0, 0.1) is 12.3 Å². The SMILES string of the molecule is C#C/C=C(\C=C(C)C)C1PC=C(CC(=O)Nc2ccc(-c3ccnnc3)nc2)C=C1C. The second-order valence-corrected chi connectivity index (χ2v) is 8.73. The second-order valence-electron chi connectivity index (χ2n) is 7.53. The van der Waals surface area contributed by atoms with Gasteiger partial charge in [-0.05, 0) is 56.2 Å². The lowest BCUT2D eigenvalue weighted by Crippen LogP contribution is -2.14. The summed E-state index contributed by atoms with van der Waals surface area (Å²) in [6.45, 7) is 6.23. The fourth-order valence-electron chi connectivity index (χ4n) is 3.31. The van der Waals surface area contributed by atoms with Crippen LogP contribution in [-0.4, -0.2) is 26.7 Å². The van der Waals surface area contributed by atoms with E-state index in [1.807, 2.05) is 24.3 Å². The Morgan fingerprint density at radius 2 is 2.10 bits per heavy atom. The number of anilines is 1. The van der Waals surface area contributed by atoms with Crippen LogP contribution in [0.1, 0.15) is 27.2 Å². The Bertz CT molecular complexity index is 1100. The Morgan fingerprint density at radius 3 is 2.71 bits per heavy atom. The molecule has 5 nitrogen and oxygen atoms in total. The topological polar surface area (TPSA) is 67.8 Å². The van der Waals surface area contributed by atoms with Crippen LogP contribution in [-0.2, 0) is 4.79 Å². The van der Waals surface area contributed by atoms with E-state index >= 15 is 0 Å². The number of hydrogen-bond donors (Lipinski definition) is 1. The molecule has 156 valence electrons. The van der Waals surface area contributed by atoms with Gasteiger partial charge in [-0.3, -0.25) is 9.78 Å². The Kier molecular flexibility index (Phi) is 7.65. The van der Waals surface area contributed by atoms with Gasteiger partial charge in [-0.2, -0.15) is 10.2 Å². The van der Waals surface area contributed by atoms with Crippen molar-refractivity contribution in [3.05, 3.63) is 83.1 Å². The molecule has 1 aliphatic rings. The highest BCUT2D eigenvalue weighted by Gasteiger charge is 2.19. The number of nitrogens with zero attached hydrogens (tertiary/aromatic N) is 3. The number of carbonyl (C=O) groups excluding carboxylic acids is 1. The first-order valence-electron chi connectivity index (χ1n) is 9.93. The summed E-state index contributed by atoms with van der Waals surface area (Å²) in [5.74, 6) is 4.73. The number of nitrogens with one attached hydrogen (secondary N) is 1. The van der Waals surface area contributed by atoms with E-state index in [-0.39, 0.29) is 11.6 Å². The predicted molar refractivity (Wildman–Crippen MR) is 129 cm³/mol. The summed E-state index contributed by atoms with van der Waals surface area (Å²) in [5.41, 5.74) is 7.20. The van der Waals surface area contributed by atoms with Gasteiger partial charge in [0.1, 0.15) is 0 Å². The van der Waals surface area contributed by atoms with Crippen molar-refractivity contribution in [1.82, 2.24) is 15.2 Å². The van der Waals surface area contributed by atoms with Crippen LogP contribution in [0.4, 0.5) is 5.69 Å². The zero-order valence-corrected chi connectivity index (χ0v) is 18.9. The van der Waals surface area contributed by atoms with Crippen LogP contribution in [0.25, 0.3) is 11.3 Å². The van der Waals surface area contributed by atoms with E-state index < -0.39 is 0 Å². The summed E-state index contributed by atoms with van der Waals surface area (Å²) >= 11 is 0. The summed E-state index contributed by atoms with van der Waals surface area (Å²) in [5, 5.41) is 10.5. The molecule has 0 saturated heterocycles. The van der Waals surface area contributed by atoms with Gasteiger partial charge < -0.3 is 5.32 Å². The van der Waals surface area contributed by atoms with E-state index in [1.165, 1.54) is 11.1 Å². The van der Waals surface area contributed by atoms with Gasteiger partial charge in [0.2, 0.25) is 5.91 Å². The molecule has 0 saturated carbocycles. The van der Waals surface area contributed by atoms with E-state index in [0.717, 1.165) is 22.4 Å². The molecule has 3 heterocycles. The molecule has 0 fully saturated rings. The highest BCUT2D eigenvalue weighted by atomic mass is 31.1. The second kappa shape index (κ2) is 10.6. The van der Waals surface area contributed by atoms with E-state index in [1.54, 1.807) is 18.6 Å². The molecule has 2 unspecified atom stereocenters. The molecule has 0 bridgehead atoms. The van der Waals surface area contributed by atoms with Crippen LogP contribution in [0.5, 0.6) is 0 Å². The third-order valence-electron chi connectivity index (χ3n) is 4.63. The van der Waals surface area contributed by atoms with Crippen LogP contribution >= 0.6 is 8.58 Å². The lowest BCUT2D eigenvalue weighted by atomic mass is 10.00. The van der Waals surface area contributed by atoms with Crippen molar-refractivity contribution in [3.63, 3.8) is 0 Å². The maximum atomic E-state index is 12.5. The van der Waals surface area contributed by atoms with Crippen molar-refractivity contribution < 1.29 is 4.79 Å². The molecule has 1 N–H and O–H groups in total. The average molecular weight is 428 g/mol. The van der Waals surface area contributed by atoms with Gasteiger partial charge in [0, 0.05) is 11.2 Å². The number of terminal acetylenes is 1. The minimum absolute atomic E-state index is 0.0673. The quantitative estimate of drug-likeness (QED) is 0.386. The zero-order chi connectivity index (χ0) is 22.2. The number of amides is 1. The van der Waals surface area contributed by atoms with Crippen molar-refractivity contribution in [3.8, 4) is 23.6 Å². The lowest BCUT2D eigenvalue weighted by molar-refractivity contribution is -0.115. The highest BCUT2D eigenvalue weighted by molar-refractivity contribution is 7.43. The van der Waals surface area contributed by atoms with Crippen molar-refractivity contribution in [2.75, 3.05) is 5.32 Å². The number of pyridine rings is 1. The number of aromatic nitrogens is 3. The van der Waals surface area contributed by atoms with Gasteiger partial charge in [-0.15, -0.1) is 6.42 Å². The Morgan fingerprint density at radius 1 is 1.26 bits per heavy atom. The van der Waals surface area contributed by atoms with Crippen LogP contribution in [0.15, 0.2) is 83.1 Å². The summed E-state index contributed by atoms with van der Waals surface area (Å²) in [4.78, 5) is 16.9. The minimum atomic E-state index is -0.0673. The molecule has 2 aromatic rings. The molecule has 31 heavy (non-hydrogen) atoms. The first kappa shape index (κ1) is 22.3. The van der Waals surface area contributed by atoms with E-state index in [4.69, 9.17) is 6.42 Å². The van der Waals surface area contributed by atoms with Crippen LogP contribution in [0.3, 0.4) is 0 Å². The average Bonchev–Trinajstić information content (AvgIpc) is 2.74. The standard InChI is InChI=1S/C25H25N4OP/c1-5-6-20(11-17(2)3)25-18(4)12-19(16-31-25)13-24(30)29-22-7-8-23(26-15-22)21-9-10-27-28-14-21/h1,6-12,14-16,25,31H,13H2,2-4H3,(H,29,30)/b20-6+. The maximum Gasteiger partial charge on any atom is 0.228 e.